The Morgan fingerprint density at radius 3 is 1.43 bits per heavy atom. The molecule has 2 fully saturated rings. The molecule has 0 unspecified atom stereocenters. The number of aryl methyl sites for hydroxylation is 2. The minimum Gasteiger partial charge on any atom is -0.507 e. The number of ether oxygens (including phenoxy) is 2. The number of hydrogen-bond donors (Lipinski definition) is 4. The van der Waals surface area contributed by atoms with Crippen molar-refractivity contribution in [3.63, 3.8) is 0 Å². The fourth-order valence-corrected chi connectivity index (χ4v) is 5.16. The fourth-order valence-electron chi connectivity index (χ4n) is 5.16. The molecule has 37 heavy (non-hydrogen) atoms. The zero-order valence-electron chi connectivity index (χ0n) is 22.5. The van der Waals surface area contributed by atoms with E-state index in [9.17, 15) is 10.2 Å². The summed E-state index contributed by atoms with van der Waals surface area (Å²) in [7, 11) is 0. The zero-order valence-corrected chi connectivity index (χ0v) is 22.5. The smallest absolute Gasteiger partial charge is 0.124 e. The van der Waals surface area contributed by atoms with Crippen molar-refractivity contribution in [2.75, 3.05) is 65.7 Å². The van der Waals surface area contributed by atoms with Crippen molar-refractivity contribution in [1.29, 1.82) is 0 Å². The molecule has 0 bridgehead atoms. The van der Waals surface area contributed by atoms with E-state index < -0.39 is 0 Å². The molecule has 204 valence electrons. The minimum atomic E-state index is 0.408. The molecule has 0 amide bonds. The summed E-state index contributed by atoms with van der Waals surface area (Å²) in [5, 5.41) is 28.6. The van der Waals surface area contributed by atoms with Crippen LogP contribution in [0.1, 0.15) is 39.8 Å². The van der Waals surface area contributed by atoms with E-state index in [1.165, 1.54) is 11.1 Å². The van der Waals surface area contributed by atoms with Gasteiger partial charge in [0.15, 0.2) is 0 Å². The zero-order chi connectivity index (χ0) is 26.0. The number of nitrogens with one attached hydrogen (secondary N) is 2. The van der Waals surface area contributed by atoms with E-state index in [4.69, 9.17) is 9.47 Å². The summed E-state index contributed by atoms with van der Waals surface area (Å²) in [5.74, 6) is 0.816. The Kier molecular flexibility index (Phi) is 10.6. The summed E-state index contributed by atoms with van der Waals surface area (Å²) in [6, 6.07) is 8.31. The third kappa shape index (κ3) is 8.40. The lowest BCUT2D eigenvalue weighted by molar-refractivity contribution is 0.0338. The van der Waals surface area contributed by atoms with Gasteiger partial charge < -0.3 is 30.3 Å². The van der Waals surface area contributed by atoms with Gasteiger partial charge in [0.2, 0.25) is 0 Å². The normalized spacial score (nSPS) is 17.4. The van der Waals surface area contributed by atoms with E-state index in [1.54, 1.807) is 0 Å². The number of phenolic OH excluding ortho intramolecular Hbond substituents is 2. The maximum atomic E-state index is 10.8. The van der Waals surface area contributed by atoms with Crippen LogP contribution < -0.4 is 10.6 Å². The van der Waals surface area contributed by atoms with Crippen LogP contribution in [0.4, 0.5) is 0 Å². The first-order valence-corrected chi connectivity index (χ1v) is 13.6. The number of aromatic hydroxyl groups is 2. The Labute approximate surface area is 221 Å². The molecule has 2 aromatic rings. The van der Waals surface area contributed by atoms with Gasteiger partial charge in [0.25, 0.3) is 0 Å². The maximum absolute atomic E-state index is 10.8. The first-order valence-electron chi connectivity index (χ1n) is 13.6. The maximum Gasteiger partial charge on any atom is 0.124 e. The summed E-state index contributed by atoms with van der Waals surface area (Å²) in [6.45, 7) is 15.3. The van der Waals surface area contributed by atoms with E-state index in [2.05, 4.69) is 58.5 Å². The van der Waals surface area contributed by atoms with Gasteiger partial charge >= 0.3 is 0 Å². The predicted molar refractivity (Wildman–Crippen MR) is 146 cm³/mol. The average Bonchev–Trinajstić information content (AvgIpc) is 2.89. The Morgan fingerprint density at radius 2 is 1.03 bits per heavy atom. The van der Waals surface area contributed by atoms with Gasteiger partial charge in [-0.3, -0.25) is 9.80 Å². The number of rotatable bonds is 12. The molecular formula is C29H44N4O4. The number of phenols is 2. The number of nitrogens with zero attached hydrogens (tertiary/aromatic N) is 2. The van der Waals surface area contributed by atoms with Crippen LogP contribution >= 0.6 is 0 Å². The van der Waals surface area contributed by atoms with Crippen molar-refractivity contribution < 1.29 is 19.7 Å². The molecular weight excluding hydrogens is 468 g/mol. The number of morpholine rings is 2. The average molecular weight is 513 g/mol. The largest absolute Gasteiger partial charge is 0.507 e. The van der Waals surface area contributed by atoms with Crippen molar-refractivity contribution in [3.8, 4) is 11.5 Å². The SMILES string of the molecule is Cc1cc(CNCCCNCc2cc(C)cc(CN3CCOCC3)c2O)c(O)c(CN2CCOCC2)c1. The molecule has 2 aromatic carbocycles. The van der Waals surface area contributed by atoms with Crippen molar-refractivity contribution in [3.05, 3.63) is 57.6 Å². The standard InChI is InChI=1S/C29H44N4O4/c1-22-14-24(28(34)26(16-22)20-32-6-10-36-11-7-32)18-30-4-3-5-31-19-25-15-23(2)17-27(29(25)35)21-33-8-12-37-13-9-33/h14-17,30-31,34-35H,3-13,18-21H2,1-2H3. The van der Waals surface area contributed by atoms with Crippen LogP contribution in [0.2, 0.25) is 0 Å². The lowest BCUT2D eigenvalue weighted by atomic mass is 10.0. The fraction of sp³-hybridized carbons (Fsp3) is 0.586. The molecule has 0 saturated carbocycles. The van der Waals surface area contributed by atoms with Crippen LogP contribution in [0.5, 0.6) is 11.5 Å². The first-order chi connectivity index (χ1) is 18.0. The van der Waals surface area contributed by atoms with Gasteiger partial charge in [-0.05, 0) is 33.4 Å². The predicted octanol–water partition coefficient (Wildman–Crippen LogP) is 2.65. The molecule has 8 heteroatoms. The topological polar surface area (TPSA) is 89.5 Å². The third-order valence-corrected chi connectivity index (χ3v) is 7.16. The Hall–Kier alpha value is -2.20. The molecule has 0 aromatic heterocycles. The molecule has 2 heterocycles. The summed E-state index contributed by atoms with van der Waals surface area (Å²) in [6.07, 6.45) is 0.959. The molecule has 2 saturated heterocycles. The highest BCUT2D eigenvalue weighted by Crippen LogP contribution is 2.27. The lowest BCUT2D eigenvalue weighted by Gasteiger charge is -2.27. The van der Waals surface area contributed by atoms with E-state index in [1.807, 2.05) is 0 Å². The molecule has 2 aliphatic heterocycles. The molecule has 4 N–H and O–H groups in total. The highest BCUT2D eigenvalue weighted by molar-refractivity contribution is 5.44. The van der Waals surface area contributed by atoms with Gasteiger partial charge in [0, 0.05) is 74.6 Å². The first kappa shape index (κ1) is 27.8. The van der Waals surface area contributed by atoms with Crippen LogP contribution in [-0.4, -0.2) is 85.7 Å². The Bertz CT molecular complexity index is 924. The van der Waals surface area contributed by atoms with Crippen molar-refractivity contribution in [2.45, 2.75) is 46.4 Å². The van der Waals surface area contributed by atoms with Crippen LogP contribution in [0.25, 0.3) is 0 Å². The summed E-state index contributed by atoms with van der Waals surface area (Å²) < 4.78 is 10.9. The quantitative estimate of drug-likeness (QED) is 0.323. The van der Waals surface area contributed by atoms with Gasteiger partial charge in [-0.1, -0.05) is 35.4 Å². The van der Waals surface area contributed by atoms with E-state index in [-0.39, 0.29) is 0 Å². The Balaban J connectivity index is 1.19. The molecule has 2 aliphatic rings. The van der Waals surface area contributed by atoms with Crippen molar-refractivity contribution in [2.24, 2.45) is 0 Å². The van der Waals surface area contributed by atoms with Gasteiger partial charge in [0.05, 0.1) is 26.4 Å². The van der Waals surface area contributed by atoms with Crippen LogP contribution in [-0.2, 0) is 35.7 Å². The van der Waals surface area contributed by atoms with E-state index >= 15 is 0 Å². The van der Waals surface area contributed by atoms with Crippen LogP contribution in [0.3, 0.4) is 0 Å². The van der Waals surface area contributed by atoms with E-state index in [0.29, 0.717) is 24.6 Å². The monoisotopic (exact) mass is 512 g/mol. The lowest BCUT2D eigenvalue weighted by Crippen LogP contribution is -2.35. The van der Waals surface area contributed by atoms with Crippen molar-refractivity contribution in [1.82, 2.24) is 20.4 Å². The van der Waals surface area contributed by atoms with Crippen LogP contribution in [0, 0.1) is 13.8 Å². The Morgan fingerprint density at radius 1 is 0.649 bits per heavy atom. The van der Waals surface area contributed by atoms with Gasteiger partial charge in [-0.25, -0.2) is 0 Å². The van der Waals surface area contributed by atoms with Gasteiger partial charge in [-0.15, -0.1) is 0 Å². The molecule has 0 spiro atoms. The minimum absolute atomic E-state index is 0.408. The summed E-state index contributed by atoms with van der Waals surface area (Å²) in [4.78, 5) is 4.66. The van der Waals surface area contributed by atoms with E-state index in [0.717, 1.165) is 107 Å². The second-order valence-corrected chi connectivity index (χ2v) is 10.3. The highest BCUT2D eigenvalue weighted by Gasteiger charge is 2.16. The summed E-state index contributed by atoms with van der Waals surface area (Å²) in [5.41, 5.74) is 6.23. The van der Waals surface area contributed by atoms with Gasteiger partial charge in [0.1, 0.15) is 11.5 Å². The third-order valence-electron chi connectivity index (χ3n) is 7.16. The number of hydrogen-bond acceptors (Lipinski definition) is 8. The molecule has 8 nitrogen and oxygen atoms in total. The van der Waals surface area contributed by atoms with Crippen molar-refractivity contribution >= 4 is 0 Å². The highest BCUT2D eigenvalue weighted by atomic mass is 16.5. The second-order valence-electron chi connectivity index (χ2n) is 10.3. The second kappa shape index (κ2) is 14.1. The molecule has 4 rings (SSSR count). The van der Waals surface area contributed by atoms with Crippen LogP contribution in [0.15, 0.2) is 24.3 Å². The molecule has 0 atom stereocenters. The van der Waals surface area contributed by atoms with Gasteiger partial charge in [-0.2, -0.15) is 0 Å². The summed E-state index contributed by atoms with van der Waals surface area (Å²) >= 11 is 0. The molecule has 0 aliphatic carbocycles. The number of benzene rings is 2. The molecule has 0 radical (unpaired) electrons.